The van der Waals surface area contributed by atoms with Gasteiger partial charge in [-0.25, -0.2) is 0 Å². The number of hydrogen-bond acceptors (Lipinski definition) is 5. The Morgan fingerprint density at radius 3 is 1.71 bits per heavy atom. The number of hydrogen-bond donors (Lipinski definition) is 2. The SMILES string of the molecule is COc1ccc(C(=O)CC(CC2CCCCC2)C(=O)O)cc1.O=C(CC(Cc1ccccc1)C(=O)O)c1ccccc1. The minimum Gasteiger partial charge on any atom is -0.497 e. The highest BCUT2D eigenvalue weighted by Gasteiger charge is 2.27. The molecule has 2 atom stereocenters. The van der Waals surface area contributed by atoms with Crippen LogP contribution in [0, 0.1) is 17.8 Å². The maximum Gasteiger partial charge on any atom is 0.307 e. The van der Waals surface area contributed by atoms with E-state index in [1.807, 2.05) is 36.4 Å². The van der Waals surface area contributed by atoms with Crippen molar-refractivity contribution in [2.75, 3.05) is 7.11 Å². The number of carboxylic acids is 2. The van der Waals surface area contributed by atoms with Gasteiger partial charge < -0.3 is 14.9 Å². The molecule has 4 rings (SSSR count). The van der Waals surface area contributed by atoms with Crippen molar-refractivity contribution in [1.29, 1.82) is 0 Å². The lowest BCUT2D eigenvalue weighted by Crippen LogP contribution is -2.22. The van der Waals surface area contributed by atoms with Gasteiger partial charge in [-0.3, -0.25) is 19.2 Å². The third-order valence-electron chi connectivity index (χ3n) is 7.74. The number of carbonyl (C=O) groups is 4. The maximum atomic E-state index is 12.3. The van der Waals surface area contributed by atoms with Gasteiger partial charge in [0, 0.05) is 24.0 Å². The summed E-state index contributed by atoms with van der Waals surface area (Å²) in [6.45, 7) is 0. The first-order valence-corrected chi connectivity index (χ1v) is 14.5. The van der Waals surface area contributed by atoms with Crippen molar-refractivity contribution in [3.8, 4) is 5.75 Å². The zero-order valence-corrected chi connectivity index (χ0v) is 24.1. The van der Waals surface area contributed by atoms with Gasteiger partial charge in [0.2, 0.25) is 0 Å². The summed E-state index contributed by atoms with van der Waals surface area (Å²) in [4.78, 5) is 47.2. The Morgan fingerprint density at radius 1 is 0.690 bits per heavy atom. The van der Waals surface area contributed by atoms with Crippen LogP contribution in [0.1, 0.15) is 77.6 Å². The Morgan fingerprint density at radius 2 is 1.19 bits per heavy atom. The lowest BCUT2D eigenvalue weighted by molar-refractivity contribution is -0.143. The molecule has 0 bridgehead atoms. The van der Waals surface area contributed by atoms with E-state index in [-0.39, 0.29) is 24.4 Å². The molecule has 222 valence electrons. The second-order valence-corrected chi connectivity index (χ2v) is 10.8. The number of carbonyl (C=O) groups excluding carboxylic acids is 2. The molecule has 0 aliphatic heterocycles. The van der Waals surface area contributed by atoms with Crippen molar-refractivity contribution in [2.45, 2.75) is 57.8 Å². The third-order valence-corrected chi connectivity index (χ3v) is 7.74. The van der Waals surface area contributed by atoms with E-state index >= 15 is 0 Å². The van der Waals surface area contributed by atoms with E-state index in [2.05, 4.69) is 0 Å². The fourth-order valence-electron chi connectivity index (χ4n) is 5.33. The van der Waals surface area contributed by atoms with Crippen LogP contribution in [-0.4, -0.2) is 40.8 Å². The second kappa shape index (κ2) is 16.9. The predicted octanol–water partition coefficient (Wildman–Crippen LogP) is 7.14. The lowest BCUT2D eigenvalue weighted by atomic mass is 9.81. The van der Waals surface area contributed by atoms with Crippen molar-refractivity contribution in [3.63, 3.8) is 0 Å². The molecule has 42 heavy (non-hydrogen) atoms. The molecule has 1 aliphatic rings. The zero-order chi connectivity index (χ0) is 30.3. The zero-order valence-electron chi connectivity index (χ0n) is 24.1. The van der Waals surface area contributed by atoms with Crippen molar-refractivity contribution >= 4 is 23.5 Å². The van der Waals surface area contributed by atoms with Crippen molar-refractivity contribution in [3.05, 3.63) is 102 Å². The number of ether oxygens (including phenoxy) is 1. The summed E-state index contributed by atoms with van der Waals surface area (Å²) < 4.78 is 5.06. The summed E-state index contributed by atoms with van der Waals surface area (Å²) >= 11 is 0. The quantitative estimate of drug-likeness (QED) is 0.209. The third kappa shape index (κ3) is 10.6. The highest BCUT2D eigenvalue weighted by molar-refractivity contribution is 5.98. The van der Waals surface area contributed by atoms with Crippen LogP contribution >= 0.6 is 0 Å². The van der Waals surface area contributed by atoms with Gasteiger partial charge in [-0.2, -0.15) is 0 Å². The topological polar surface area (TPSA) is 118 Å². The van der Waals surface area contributed by atoms with Gasteiger partial charge in [-0.15, -0.1) is 0 Å². The molecule has 1 fully saturated rings. The summed E-state index contributed by atoms with van der Waals surface area (Å²) in [6, 6.07) is 25.0. The Kier molecular flexibility index (Phi) is 13.0. The average molecular weight is 573 g/mol. The molecule has 3 aromatic rings. The van der Waals surface area contributed by atoms with E-state index in [1.165, 1.54) is 19.3 Å². The minimum absolute atomic E-state index is 0.0221. The molecule has 2 unspecified atom stereocenters. The summed E-state index contributed by atoms with van der Waals surface area (Å²) in [6.07, 6.45) is 6.91. The Hall–Kier alpha value is -4.26. The lowest BCUT2D eigenvalue weighted by Gasteiger charge is -2.24. The molecule has 3 aromatic carbocycles. The van der Waals surface area contributed by atoms with Crippen molar-refractivity contribution < 1.29 is 34.1 Å². The highest BCUT2D eigenvalue weighted by Crippen LogP contribution is 2.31. The van der Waals surface area contributed by atoms with E-state index in [1.54, 1.807) is 55.6 Å². The molecule has 7 nitrogen and oxygen atoms in total. The maximum absolute atomic E-state index is 12.3. The van der Waals surface area contributed by atoms with Crippen LogP contribution in [0.4, 0.5) is 0 Å². The van der Waals surface area contributed by atoms with E-state index in [4.69, 9.17) is 4.74 Å². The van der Waals surface area contributed by atoms with E-state index in [9.17, 15) is 29.4 Å². The van der Waals surface area contributed by atoms with Crippen LogP contribution in [0.3, 0.4) is 0 Å². The molecule has 0 radical (unpaired) electrons. The normalized spacial score (nSPS) is 14.5. The molecule has 7 heteroatoms. The number of carboxylic acid groups (broad SMARTS) is 2. The Balaban J connectivity index is 0.000000231. The van der Waals surface area contributed by atoms with Gasteiger partial charge in [0.15, 0.2) is 11.6 Å². The molecule has 0 heterocycles. The van der Waals surface area contributed by atoms with Gasteiger partial charge in [0.05, 0.1) is 18.9 Å². The summed E-state index contributed by atoms with van der Waals surface area (Å²) in [5.41, 5.74) is 2.04. The largest absolute Gasteiger partial charge is 0.497 e. The molecule has 0 aromatic heterocycles. The van der Waals surface area contributed by atoms with Gasteiger partial charge in [-0.05, 0) is 48.6 Å². The molecule has 2 N–H and O–H groups in total. The number of benzene rings is 3. The molecule has 1 aliphatic carbocycles. The number of rotatable bonds is 13. The molecular formula is C35H40O7. The Bertz CT molecular complexity index is 1280. The summed E-state index contributed by atoms with van der Waals surface area (Å²) in [5.74, 6) is -2.14. The van der Waals surface area contributed by atoms with Crippen LogP contribution in [-0.2, 0) is 16.0 Å². The van der Waals surface area contributed by atoms with Gasteiger partial charge in [-0.1, -0.05) is 92.8 Å². The first kappa shape index (κ1) is 32.3. The molecule has 0 amide bonds. The first-order valence-electron chi connectivity index (χ1n) is 14.5. The van der Waals surface area contributed by atoms with Crippen molar-refractivity contribution in [1.82, 2.24) is 0 Å². The second-order valence-electron chi connectivity index (χ2n) is 10.8. The summed E-state index contributed by atoms with van der Waals surface area (Å²) in [5, 5.41) is 18.7. The Labute approximate surface area is 247 Å². The molecule has 1 saturated carbocycles. The number of methoxy groups -OCH3 is 1. The van der Waals surface area contributed by atoms with Crippen LogP contribution in [0.2, 0.25) is 0 Å². The van der Waals surface area contributed by atoms with Gasteiger partial charge in [0.25, 0.3) is 0 Å². The van der Waals surface area contributed by atoms with Crippen molar-refractivity contribution in [2.24, 2.45) is 17.8 Å². The number of Topliss-reactive ketones (excluding diaryl/α,β-unsaturated/α-hetero) is 2. The molecule has 0 saturated heterocycles. The molecule has 0 spiro atoms. The predicted molar refractivity (Wildman–Crippen MR) is 161 cm³/mol. The van der Waals surface area contributed by atoms with Crippen LogP contribution < -0.4 is 4.74 Å². The van der Waals surface area contributed by atoms with Crippen LogP contribution in [0.25, 0.3) is 0 Å². The van der Waals surface area contributed by atoms with E-state index < -0.39 is 23.8 Å². The minimum atomic E-state index is -0.932. The summed E-state index contributed by atoms with van der Waals surface area (Å²) in [7, 11) is 1.57. The van der Waals surface area contributed by atoms with Crippen LogP contribution in [0.5, 0.6) is 5.75 Å². The number of aliphatic carboxylic acids is 2. The number of ketones is 2. The standard InChI is InChI=1S/C18H24O4.C17H16O3/c1-22-16-9-7-14(8-10-16)17(19)12-15(18(20)21)11-13-5-3-2-4-6-13;18-16(14-9-5-2-6-10-14)12-15(17(19)20)11-13-7-3-1-4-8-13/h7-10,13,15H,2-6,11-12H2,1H3,(H,20,21);1-10,15H,11-12H2,(H,19,20). The first-order chi connectivity index (χ1) is 20.3. The van der Waals surface area contributed by atoms with Gasteiger partial charge in [0.1, 0.15) is 5.75 Å². The fraction of sp³-hybridized carbons (Fsp3) is 0.371. The monoisotopic (exact) mass is 572 g/mol. The van der Waals surface area contributed by atoms with E-state index in [0.717, 1.165) is 18.4 Å². The fourth-order valence-corrected chi connectivity index (χ4v) is 5.33. The van der Waals surface area contributed by atoms with Gasteiger partial charge >= 0.3 is 11.9 Å². The highest BCUT2D eigenvalue weighted by atomic mass is 16.5. The molecular weight excluding hydrogens is 532 g/mol. The average Bonchev–Trinajstić information content (AvgIpc) is 3.02. The van der Waals surface area contributed by atoms with Crippen LogP contribution in [0.15, 0.2) is 84.9 Å². The smallest absolute Gasteiger partial charge is 0.307 e. The van der Waals surface area contributed by atoms with E-state index in [0.29, 0.717) is 35.6 Å².